The predicted molar refractivity (Wildman–Crippen MR) is 169 cm³/mol. The first-order chi connectivity index (χ1) is 21.0. The van der Waals surface area contributed by atoms with E-state index in [0.29, 0.717) is 12.5 Å². The molecule has 1 aliphatic carbocycles. The summed E-state index contributed by atoms with van der Waals surface area (Å²) in [6.45, 7) is 4.23. The maximum absolute atomic E-state index is 13.2. The maximum Gasteiger partial charge on any atom is 0.123 e. The summed E-state index contributed by atoms with van der Waals surface area (Å²) in [4.78, 5) is 14.2. The lowest BCUT2D eigenvalue weighted by atomic mass is 9.54. The Hall–Kier alpha value is -2.71. The third-order valence-corrected chi connectivity index (χ3v) is 12.1. The molecule has 5 bridgehead atoms. The van der Waals surface area contributed by atoms with Gasteiger partial charge in [0.05, 0.1) is 29.0 Å². The van der Waals surface area contributed by atoms with Crippen LogP contribution in [0.15, 0.2) is 48.7 Å². The highest BCUT2D eigenvalue weighted by Crippen LogP contribution is 2.66. The summed E-state index contributed by atoms with van der Waals surface area (Å²) in [7, 11) is 0. The van der Waals surface area contributed by atoms with Crippen molar-refractivity contribution in [2.24, 2.45) is 11.3 Å². The van der Waals surface area contributed by atoms with Crippen molar-refractivity contribution in [1.29, 1.82) is 0 Å². The summed E-state index contributed by atoms with van der Waals surface area (Å²) in [5.74, 6) is 0.557. The monoisotopic (exact) mass is 580 g/mol. The molecule has 7 nitrogen and oxygen atoms in total. The lowest BCUT2D eigenvalue weighted by Gasteiger charge is -2.58. The van der Waals surface area contributed by atoms with Crippen molar-refractivity contribution in [3.8, 4) is 5.75 Å². The summed E-state index contributed by atoms with van der Waals surface area (Å²) in [5.41, 5.74) is 2.81. The highest BCUT2D eigenvalue weighted by Gasteiger charge is 2.71. The van der Waals surface area contributed by atoms with Crippen molar-refractivity contribution < 1.29 is 14.9 Å². The molecule has 5 unspecified atom stereocenters. The Labute approximate surface area is 253 Å². The number of hydrogen-bond donors (Lipinski definition) is 3. The number of allylic oxidation sites excluding steroid dienone is 3. The van der Waals surface area contributed by atoms with Gasteiger partial charge in [0, 0.05) is 41.0 Å². The second-order valence-electron chi connectivity index (χ2n) is 14.5. The molecular weight excluding hydrogens is 536 g/mol. The number of fused-ring (bicyclic) bond motifs is 5. The van der Waals surface area contributed by atoms with Crippen LogP contribution in [0.1, 0.15) is 76.3 Å². The average molecular weight is 581 g/mol. The highest BCUT2D eigenvalue weighted by atomic mass is 16.5. The number of phenolic OH excluding ortho intramolecular Hbond substituents is 1. The number of aliphatic hydroxyl groups is 1. The molecule has 226 valence electrons. The van der Waals surface area contributed by atoms with Crippen molar-refractivity contribution in [3.63, 3.8) is 0 Å². The molecule has 2 spiro atoms. The van der Waals surface area contributed by atoms with E-state index in [1.807, 2.05) is 18.3 Å². The number of ether oxygens (including phenoxy) is 1. The van der Waals surface area contributed by atoms with E-state index in [-0.39, 0.29) is 28.8 Å². The Morgan fingerprint density at radius 3 is 2.84 bits per heavy atom. The zero-order valence-electron chi connectivity index (χ0n) is 25.1. The van der Waals surface area contributed by atoms with Gasteiger partial charge in [-0.15, -0.1) is 0 Å². The quantitative estimate of drug-likeness (QED) is 0.301. The third-order valence-electron chi connectivity index (χ3n) is 12.1. The first-order valence-corrected chi connectivity index (χ1v) is 16.8. The normalized spacial score (nSPS) is 40.3. The van der Waals surface area contributed by atoms with Gasteiger partial charge in [-0.3, -0.25) is 9.88 Å². The average Bonchev–Trinajstić information content (AvgIpc) is 3.61. The van der Waals surface area contributed by atoms with E-state index in [4.69, 9.17) is 9.72 Å². The van der Waals surface area contributed by atoms with Crippen molar-refractivity contribution in [3.05, 3.63) is 54.4 Å². The van der Waals surface area contributed by atoms with Crippen LogP contribution in [-0.2, 0) is 4.74 Å². The second kappa shape index (κ2) is 9.64. The molecule has 2 aromatic heterocycles. The van der Waals surface area contributed by atoms with Gasteiger partial charge in [0.1, 0.15) is 11.5 Å². The Balaban J connectivity index is 1.27. The molecule has 4 saturated heterocycles. The van der Waals surface area contributed by atoms with E-state index in [2.05, 4.69) is 39.1 Å². The Bertz CT molecular complexity index is 1650. The molecule has 9 rings (SSSR count). The first-order valence-electron chi connectivity index (χ1n) is 16.8. The Morgan fingerprint density at radius 1 is 0.953 bits per heavy atom. The number of hydrogen-bond acceptors (Lipinski definition) is 6. The van der Waals surface area contributed by atoms with Gasteiger partial charge in [0.2, 0.25) is 0 Å². The van der Waals surface area contributed by atoms with Gasteiger partial charge < -0.3 is 24.8 Å². The van der Waals surface area contributed by atoms with Gasteiger partial charge in [-0.25, -0.2) is 0 Å². The lowest BCUT2D eigenvalue weighted by molar-refractivity contribution is -0.145. The number of nitrogens with zero attached hydrogens (tertiary/aromatic N) is 3. The van der Waals surface area contributed by atoms with E-state index >= 15 is 0 Å². The van der Waals surface area contributed by atoms with E-state index < -0.39 is 5.60 Å². The topological polar surface area (TPSA) is 84.9 Å². The minimum atomic E-state index is -0.989. The second-order valence-corrected chi connectivity index (χ2v) is 14.5. The number of phenols is 1. The summed E-state index contributed by atoms with van der Waals surface area (Å²) in [6.07, 6.45) is 20.9. The molecule has 1 aromatic carbocycles. The minimum absolute atomic E-state index is 0.0291. The number of pyridine rings is 1. The third kappa shape index (κ3) is 3.90. The molecule has 3 aromatic rings. The van der Waals surface area contributed by atoms with E-state index in [1.165, 1.54) is 18.4 Å². The van der Waals surface area contributed by atoms with Crippen LogP contribution < -0.4 is 0 Å². The first kappa shape index (κ1) is 26.7. The Kier molecular flexibility index (Phi) is 5.98. The molecule has 6 aliphatic rings. The number of aromatic hydroxyl groups is 1. The Morgan fingerprint density at radius 2 is 1.88 bits per heavy atom. The van der Waals surface area contributed by atoms with Crippen LogP contribution in [0.25, 0.3) is 27.4 Å². The smallest absolute Gasteiger partial charge is 0.123 e. The fourth-order valence-electron chi connectivity index (χ4n) is 10.6. The van der Waals surface area contributed by atoms with Crippen LogP contribution in [0.3, 0.4) is 0 Å². The van der Waals surface area contributed by atoms with Crippen molar-refractivity contribution in [2.75, 3.05) is 26.2 Å². The zero-order chi connectivity index (χ0) is 28.8. The minimum Gasteiger partial charge on any atom is -0.508 e. The molecule has 7 heteroatoms. The molecule has 7 atom stereocenters. The molecule has 5 aliphatic heterocycles. The van der Waals surface area contributed by atoms with Crippen LogP contribution in [-0.4, -0.2) is 79.6 Å². The lowest BCUT2D eigenvalue weighted by Crippen LogP contribution is -2.66. The molecular formula is C36H44N4O3. The molecule has 4 fully saturated rings. The molecule has 0 amide bonds. The maximum atomic E-state index is 13.2. The summed E-state index contributed by atoms with van der Waals surface area (Å²) in [5, 5.41) is 25.6. The number of benzene rings is 1. The number of nitrogens with one attached hydrogen (secondary N) is 1. The van der Waals surface area contributed by atoms with Crippen LogP contribution in [0.4, 0.5) is 0 Å². The van der Waals surface area contributed by atoms with Crippen molar-refractivity contribution >= 4 is 27.4 Å². The van der Waals surface area contributed by atoms with Crippen molar-refractivity contribution in [2.45, 2.75) is 94.1 Å². The number of aromatic nitrogens is 2. The number of aromatic amines is 1. The summed E-state index contributed by atoms with van der Waals surface area (Å²) < 4.78 is 7.07. The van der Waals surface area contributed by atoms with Gasteiger partial charge in [0.15, 0.2) is 0 Å². The summed E-state index contributed by atoms with van der Waals surface area (Å²) in [6, 6.07) is 7.62. The van der Waals surface area contributed by atoms with Gasteiger partial charge in [-0.1, -0.05) is 12.2 Å². The fourth-order valence-corrected chi connectivity index (χ4v) is 10.6. The predicted octanol–water partition coefficient (Wildman–Crippen LogP) is 6.12. The largest absolute Gasteiger partial charge is 0.508 e. The number of rotatable bonds is 1. The van der Waals surface area contributed by atoms with Crippen LogP contribution in [0.2, 0.25) is 0 Å². The van der Waals surface area contributed by atoms with Gasteiger partial charge in [0.25, 0.3) is 0 Å². The molecule has 3 N–H and O–H groups in total. The molecule has 0 radical (unpaired) electrons. The van der Waals surface area contributed by atoms with Crippen LogP contribution in [0.5, 0.6) is 5.75 Å². The van der Waals surface area contributed by atoms with Gasteiger partial charge in [-0.05, 0) is 126 Å². The molecule has 0 saturated carbocycles. The fraction of sp³-hybridized carbons (Fsp3) is 0.583. The van der Waals surface area contributed by atoms with E-state index in [1.54, 1.807) is 6.07 Å². The van der Waals surface area contributed by atoms with E-state index in [9.17, 15) is 10.2 Å². The van der Waals surface area contributed by atoms with Gasteiger partial charge >= 0.3 is 0 Å². The number of piperidine rings is 1. The van der Waals surface area contributed by atoms with Crippen molar-refractivity contribution in [1.82, 2.24) is 19.8 Å². The zero-order valence-corrected chi connectivity index (χ0v) is 25.1. The molecule has 7 heterocycles. The summed E-state index contributed by atoms with van der Waals surface area (Å²) >= 11 is 0. The van der Waals surface area contributed by atoms with Gasteiger partial charge in [-0.2, -0.15) is 0 Å². The SMILES string of the molecule is Oc1ccc2[nH]c3c(C4=C[C@@]5(O)CC/C=C\CCCCN6CCC4C4(C6)C[C@]67CCC(CCCN6C45)O7)nccc3c2c1. The van der Waals surface area contributed by atoms with Crippen LogP contribution in [0, 0.1) is 11.3 Å². The standard InChI is InChI=1S/C36H44N4O3/c41-24-9-10-30-27(20-24)26-12-16-37-31(32(26)38-30)28-21-35(42)14-5-3-1-2-4-6-17-39-19-13-29(28)34(23-39)22-36-15-11-25(43-36)8-7-18-40(36)33(34)35/h1,3,9-10,12,16,20-21,25,29,33,38,41-42H,2,4-8,11,13-15,17-19,22-23H2/b3-1-/t25?,29?,33?,34?,35-,36+/m0/s1. The van der Waals surface area contributed by atoms with E-state index in [0.717, 1.165) is 105 Å². The molecule has 43 heavy (non-hydrogen) atoms. The van der Waals surface area contributed by atoms with Crippen LogP contribution >= 0.6 is 0 Å². The highest BCUT2D eigenvalue weighted by molar-refractivity contribution is 6.10. The number of H-pyrrole nitrogens is 1.